The van der Waals surface area contributed by atoms with Gasteiger partial charge in [-0.05, 0) is 29.8 Å². The first kappa shape index (κ1) is 18.7. The second kappa shape index (κ2) is 8.53. The molecule has 0 bridgehead atoms. The minimum atomic E-state index is -0.955. The van der Waals surface area contributed by atoms with Gasteiger partial charge in [-0.3, -0.25) is 4.90 Å². The molecule has 2 amide bonds. The van der Waals surface area contributed by atoms with E-state index in [-0.39, 0.29) is 11.6 Å². The quantitative estimate of drug-likeness (QED) is 0.818. The zero-order valence-electron chi connectivity index (χ0n) is 14.2. The van der Waals surface area contributed by atoms with Crippen LogP contribution in [0.3, 0.4) is 0 Å². The second-order valence-corrected chi connectivity index (χ2v) is 7.93. The number of halogens is 1. The molecule has 2 aromatic rings. The van der Waals surface area contributed by atoms with E-state index in [9.17, 15) is 9.59 Å². The molecule has 1 aliphatic rings. The van der Waals surface area contributed by atoms with Crippen molar-refractivity contribution < 1.29 is 14.7 Å². The van der Waals surface area contributed by atoms with E-state index in [4.69, 9.17) is 16.7 Å². The highest BCUT2D eigenvalue weighted by molar-refractivity contribution is 7.16. The summed E-state index contributed by atoms with van der Waals surface area (Å²) in [6.07, 6.45) is 0. The van der Waals surface area contributed by atoms with Crippen LogP contribution in [-0.2, 0) is 13.1 Å². The number of carboxylic acids is 1. The molecule has 1 aliphatic heterocycles. The van der Waals surface area contributed by atoms with E-state index >= 15 is 0 Å². The first-order valence-electron chi connectivity index (χ1n) is 8.33. The summed E-state index contributed by atoms with van der Waals surface area (Å²) in [5.74, 6) is -0.955. The average molecular weight is 394 g/mol. The van der Waals surface area contributed by atoms with Gasteiger partial charge in [0, 0.05) is 44.1 Å². The minimum Gasteiger partial charge on any atom is -0.478 e. The molecule has 8 heteroatoms. The van der Waals surface area contributed by atoms with E-state index in [0.717, 1.165) is 29.5 Å². The van der Waals surface area contributed by atoms with Crippen LogP contribution in [0.5, 0.6) is 0 Å². The van der Waals surface area contributed by atoms with Crippen LogP contribution in [0.25, 0.3) is 0 Å². The molecule has 1 aromatic heterocycles. The Bertz CT molecular complexity index is 770. The SMILES string of the molecule is O=C(O)c1ccc(CNC(=O)N2CCN(Cc3ccc(Cl)s3)CC2)cc1. The number of thiophene rings is 1. The smallest absolute Gasteiger partial charge is 0.335 e. The first-order valence-corrected chi connectivity index (χ1v) is 9.52. The second-order valence-electron chi connectivity index (χ2n) is 6.13. The number of carboxylic acid groups (broad SMARTS) is 1. The predicted octanol–water partition coefficient (Wildman–Crippen LogP) is 3.13. The first-order chi connectivity index (χ1) is 12.5. The molecular formula is C18H20ClN3O3S. The van der Waals surface area contributed by atoms with Gasteiger partial charge in [0.1, 0.15) is 0 Å². The molecule has 2 N–H and O–H groups in total. The van der Waals surface area contributed by atoms with Crippen molar-refractivity contribution in [3.8, 4) is 0 Å². The maximum atomic E-state index is 12.3. The number of piperazine rings is 1. The molecule has 3 rings (SSSR count). The standard InChI is InChI=1S/C18H20ClN3O3S/c19-16-6-5-15(26-16)12-21-7-9-22(10-8-21)18(25)20-11-13-1-3-14(4-2-13)17(23)24/h1-6H,7-12H2,(H,20,25)(H,23,24). The van der Waals surface area contributed by atoms with Crippen LogP contribution in [0.15, 0.2) is 36.4 Å². The van der Waals surface area contributed by atoms with Crippen LogP contribution in [0.1, 0.15) is 20.8 Å². The van der Waals surface area contributed by atoms with Gasteiger partial charge in [-0.25, -0.2) is 9.59 Å². The van der Waals surface area contributed by atoms with Crippen molar-refractivity contribution in [2.45, 2.75) is 13.1 Å². The molecule has 0 radical (unpaired) electrons. The lowest BCUT2D eigenvalue weighted by Gasteiger charge is -2.34. The molecular weight excluding hydrogens is 374 g/mol. The Morgan fingerprint density at radius 1 is 1.08 bits per heavy atom. The highest BCUT2D eigenvalue weighted by atomic mass is 35.5. The van der Waals surface area contributed by atoms with Gasteiger partial charge in [0.05, 0.1) is 9.90 Å². The molecule has 0 atom stereocenters. The Balaban J connectivity index is 1.42. The van der Waals surface area contributed by atoms with Gasteiger partial charge in [0.15, 0.2) is 0 Å². The van der Waals surface area contributed by atoms with Crippen molar-refractivity contribution in [2.75, 3.05) is 26.2 Å². The van der Waals surface area contributed by atoms with Gasteiger partial charge in [-0.2, -0.15) is 0 Å². The Hall–Kier alpha value is -2.09. The molecule has 1 saturated heterocycles. The number of rotatable bonds is 5. The predicted molar refractivity (Wildman–Crippen MR) is 102 cm³/mol. The molecule has 0 unspecified atom stereocenters. The summed E-state index contributed by atoms with van der Waals surface area (Å²) in [7, 11) is 0. The van der Waals surface area contributed by atoms with E-state index in [1.165, 1.54) is 4.88 Å². The molecule has 26 heavy (non-hydrogen) atoms. The Morgan fingerprint density at radius 3 is 2.35 bits per heavy atom. The number of hydrogen-bond acceptors (Lipinski definition) is 4. The summed E-state index contributed by atoms with van der Waals surface area (Å²) in [4.78, 5) is 28.5. The van der Waals surface area contributed by atoms with Gasteiger partial charge in [-0.1, -0.05) is 23.7 Å². The highest BCUT2D eigenvalue weighted by Crippen LogP contribution is 2.23. The number of carbonyl (C=O) groups excluding carboxylic acids is 1. The number of nitrogens with zero attached hydrogens (tertiary/aromatic N) is 2. The summed E-state index contributed by atoms with van der Waals surface area (Å²) in [5.41, 5.74) is 1.11. The fourth-order valence-corrected chi connectivity index (χ4v) is 3.95. The number of urea groups is 1. The third kappa shape index (κ3) is 4.97. The maximum absolute atomic E-state index is 12.3. The number of hydrogen-bond donors (Lipinski definition) is 2. The van der Waals surface area contributed by atoms with E-state index < -0.39 is 5.97 Å². The summed E-state index contributed by atoms with van der Waals surface area (Å²) in [6, 6.07) is 10.4. The largest absolute Gasteiger partial charge is 0.478 e. The number of amides is 2. The Labute approximate surface area is 161 Å². The van der Waals surface area contributed by atoms with Crippen LogP contribution in [0, 0.1) is 0 Å². The van der Waals surface area contributed by atoms with Crippen molar-refractivity contribution in [2.24, 2.45) is 0 Å². The Morgan fingerprint density at radius 2 is 1.77 bits per heavy atom. The fourth-order valence-electron chi connectivity index (χ4n) is 2.82. The van der Waals surface area contributed by atoms with Crippen LogP contribution >= 0.6 is 22.9 Å². The van der Waals surface area contributed by atoms with Crippen molar-refractivity contribution >= 4 is 34.9 Å². The molecule has 6 nitrogen and oxygen atoms in total. The van der Waals surface area contributed by atoms with Crippen LogP contribution < -0.4 is 5.32 Å². The molecule has 2 heterocycles. The van der Waals surface area contributed by atoms with Gasteiger partial charge in [0.2, 0.25) is 0 Å². The maximum Gasteiger partial charge on any atom is 0.335 e. The monoisotopic (exact) mass is 393 g/mol. The van der Waals surface area contributed by atoms with Crippen LogP contribution in [0.4, 0.5) is 4.79 Å². The van der Waals surface area contributed by atoms with Crippen LogP contribution in [0.2, 0.25) is 4.34 Å². The Kier molecular flexibility index (Phi) is 6.13. The lowest BCUT2D eigenvalue weighted by atomic mass is 10.1. The van der Waals surface area contributed by atoms with E-state index in [0.29, 0.717) is 19.6 Å². The van der Waals surface area contributed by atoms with Gasteiger partial charge < -0.3 is 15.3 Å². The normalized spacial score (nSPS) is 15.0. The van der Waals surface area contributed by atoms with E-state index in [2.05, 4.69) is 10.2 Å². The fraction of sp³-hybridized carbons (Fsp3) is 0.333. The van der Waals surface area contributed by atoms with E-state index in [1.54, 1.807) is 35.6 Å². The van der Waals surface area contributed by atoms with Gasteiger partial charge >= 0.3 is 12.0 Å². The van der Waals surface area contributed by atoms with Crippen molar-refractivity contribution in [1.82, 2.24) is 15.1 Å². The number of benzene rings is 1. The zero-order chi connectivity index (χ0) is 18.5. The molecule has 1 fully saturated rings. The number of aromatic carboxylic acids is 1. The topological polar surface area (TPSA) is 72.9 Å². The van der Waals surface area contributed by atoms with Gasteiger partial charge in [-0.15, -0.1) is 11.3 Å². The molecule has 1 aromatic carbocycles. The van der Waals surface area contributed by atoms with E-state index in [1.807, 2.05) is 17.0 Å². The third-order valence-electron chi connectivity index (χ3n) is 4.31. The summed E-state index contributed by atoms with van der Waals surface area (Å²) >= 11 is 7.55. The van der Waals surface area contributed by atoms with Crippen molar-refractivity contribution in [3.63, 3.8) is 0 Å². The number of nitrogens with one attached hydrogen (secondary N) is 1. The summed E-state index contributed by atoms with van der Waals surface area (Å²) in [5, 5.41) is 11.8. The molecule has 0 saturated carbocycles. The summed E-state index contributed by atoms with van der Waals surface area (Å²) in [6.45, 7) is 4.27. The lowest BCUT2D eigenvalue weighted by Crippen LogP contribution is -2.51. The minimum absolute atomic E-state index is 0.0915. The highest BCUT2D eigenvalue weighted by Gasteiger charge is 2.21. The summed E-state index contributed by atoms with van der Waals surface area (Å²) < 4.78 is 0.800. The van der Waals surface area contributed by atoms with Crippen molar-refractivity contribution in [3.05, 3.63) is 56.7 Å². The lowest BCUT2D eigenvalue weighted by molar-refractivity contribution is 0.0697. The molecule has 0 aliphatic carbocycles. The van der Waals surface area contributed by atoms with Crippen LogP contribution in [-0.4, -0.2) is 53.1 Å². The number of carbonyl (C=O) groups is 2. The molecule has 0 spiro atoms. The average Bonchev–Trinajstić information content (AvgIpc) is 3.05. The molecule has 138 valence electrons. The van der Waals surface area contributed by atoms with Crippen molar-refractivity contribution in [1.29, 1.82) is 0 Å². The van der Waals surface area contributed by atoms with Gasteiger partial charge in [0.25, 0.3) is 0 Å². The zero-order valence-corrected chi connectivity index (χ0v) is 15.7. The third-order valence-corrected chi connectivity index (χ3v) is 5.53.